The average molecular weight is 323 g/mol. The predicted octanol–water partition coefficient (Wildman–Crippen LogP) is 4.57. The summed E-state index contributed by atoms with van der Waals surface area (Å²) < 4.78 is 1.08. The third-order valence-electron chi connectivity index (χ3n) is 4.30. The Balaban J connectivity index is 2.58. The summed E-state index contributed by atoms with van der Waals surface area (Å²) in [6.45, 7) is 8.43. The minimum atomic E-state index is 0.0101. The lowest BCUT2D eigenvalue weighted by Gasteiger charge is -2.26. The van der Waals surface area contributed by atoms with Gasteiger partial charge in [0.25, 0.3) is 0 Å². The van der Waals surface area contributed by atoms with Gasteiger partial charge in [0.2, 0.25) is 0 Å². The summed E-state index contributed by atoms with van der Waals surface area (Å²) in [5.74, 6) is 0.282. The second kappa shape index (κ2) is 5.12. The van der Waals surface area contributed by atoms with Crippen LogP contribution < -0.4 is 0 Å². The predicted molar refractivity (Wildman–Crippen MR) is 80.8 cm³/mol. The van der Waals surface area contributed by atoms with Crippen molar-refractivity contribution in [2.45, 2.75) is 46.5 Å². The molecule has 0 amide bonds. The molecule has 2 nitrogen and oxygen atoms in total. The van der Waals surface area contributed by atoms with Crippen LogP contribution in [0.4, 0.5) is 0 Å². The molecule has 1 unspecified atom stereocenters. The van der Waals surface area contributed by atoms with Crippen LogP contribution in [-0.4, -0.2) is 10.9 Å². The monoisotopic (exact) mass is 322 g/mol. The highest BCUT2D eigenvalue weighted by molar-refractivity contribution is 9.10. The Morgan fingerprint density at radius 1 is 1.05 bits per heavy atom. The first kappa shape index (κ1) is 14.3. The topological polar surface area (TPSA) is 37.3 Å². The second-order valence-corrected chi connectivity index (χ2v) is 6.23. The average Bonchev–Trinajstić information content (AvgIpc) is 2.33. The van der Waals surface area contributed by atoms with Crippen molar-refractivity contribution < 1.29 is 9.90 Å². The van der Waals surface area contributed by atoms with Gasteiger partial charge in [-0.05, 0) is 61.4 Å². The molecule has 102 valence electrons. The van der Waals surface area contributed by atoms with E-state index in [9.17, 15) is 9.90 Å². The molecule has 2 rings (SSSR count). The fraction of sp³-hybridized carbons (Fsp3) is 0.438. The van der Waals surface area contributed by atoms with Crippen molar-refractivity contribution in [2.24, 2.45) is 0 Å². The Hall–Kier alpha value is -1.09. The Kier molecular flexibility index (Phi) is 3.86. The van der Waals surface area contributed by atoms with Gasteiger partial charge in [-0.15, -0.1) is 0 Å². The molecule has 1 N–H and O–H groups in total. The van der Waals surface area contributed by atoms with Gasteiger partial charge >= 0.3 is 0 Å². The minimum Gasteiger partial charge on any atom is -0.512 e. The Morgan fingerprint density at radius 3 is 2.21 bits per heavy atom. The zero-order valence-electron chi connectivity index (χ0n) is 11.8. The normalized spacial score (nSPS) is 19.5. The van der Waals surface area contributed by atoms with Gasteiger partial charge in [-0.1, -0.05) is 15.9 Å². The van der Waals surface area contributed by atoms with Crippen molar-refractivity contribution in [3.8, 4) is 0 Å². The van der Waals surface area contributed by atoms with E-state index in [0.717, 1.165) is 4.47 Å². The summed E-state index contributed by atoms with van der Waals surface area (Å²) in [4.78, 5) is 11.7. The number of rotatable bonds is 1. The molecule has 19 heavy (non-hydrogen) atoms. The van der Waals surface area contributed by atoms with Gasteiger partial charge < -0.3 is 5.11 Å². The zero-order chi connectivity index (χ0) is 14.3. The highest BCUT2D eigenvalue weighted by Gasteiger charge is 2.27. The largest absolute Gasteiger partial charge is 0.512 e. The van der Waals surface area contributed by atoms with Crippen LogP contribution in [0.3, 0.4) is 0 Å². The number of aliphatic hydroxyl groups excluding tert-OH is 1. The van der Waals surface area contributed by atoms with Crippen LogP contribution in [0.1, 0.15) is 46.6 Å². The molecule has 0 bridgehead atoms. The van der Waals surface area contributed by atoms with Crippen molar-refractivity contribution in [3.63, 3.8) is 0 Å². The van der Waals surface area contributed by atoms with E-state index < -0.39 is 0 Å². The Labute approximate surface area is 122 Å². The number of hydrogen-bond donors (Lipinski definition) is 1. The summed E-state index contributed by atoms with van der Waals surface area (Å²) in [5, 5.41) is 9.71. The van der Waals surface area contributed by atoms with E-state index in [-0.39, 0.29) is 17.5 Å². The number of hydrogen-bond acceptors (Lipinski definition) is 2. The maximum Gasteiger partial charge on any atom is 0.159 e. The highest BCUT2D eigenvalue weighted by Crippen LogP contribution is 2.40. The van der Waals surface area contributed by atoms with E-state index in [2.05, 4.69) is 43.6 Å². The number of halogens is 1. The van der Waals surface area contributed by atoms with E-state index in [1.807, 2.05) is 0 Å². The molecule has 1 aromatic carbocycles. The molecule has 0 radical (unpaired) electrons. The molecule has 1 aromatic rings. The van der Waals surface area contributed by atoms with Gasteiger partial charge in [-0.2, -0.15) is 0 Å². The fourth-order valence-electron chi connectivity index (χ4n) is 2.86. The van der Waals surface area contributed by atoms with Crippen molar-refractivity contribution in [2.75, 3.05) is 0 Å². The number of aliphatic hydroxyl groups is 1. The molecule has 0 aliphatic heterocycles. The van der Waals surface area contributed by atoms with Gasteiger partial charge in [0.15, 0.2) is 5.78 Å². The van der Waals surface area contributed by atoms with Gasteiger partial charge in [0.05, 0.1) is 5.76 Å². The van der Waals surface area contributed by atoms with Crippen LogP contribution in [0.5, 0.6) is 0 Å². The van der Waals surface area contributed by atoms with Crippen LogP contribution in [0.2, 0.25) is 0 Å². The van der Waals surface area contributed by atoms with Crippen LogP contribution in [-0.2, 0) is 4.79 Å². The standard InChI is InChI=1S/C16H19BrO2/c1-8-9(2)11(4)16(17)15(10(8)3)12-5-13(18)7-14(19)6-12/h7,12,18H,5-6H2,1-4H3. The van der Waals surface area contributed by atoms with Crippen molar-refractivity contribution in [1.29, 1.82) is 0 Å². The minimum absolute atomic E-state index is 0.0101. The molecule has 0 fully saturated rings. The number of benzene rings is 1. The summed E-state index contributed by atoms with van der Waals surface area (Å²) in [6.07, 6.45) is 2.38. The van der Waals surface area contributed by atoms with E-state index in [0.29, 0.717) is 12.8 Å². The summed E-state index contributed by atoms with van der Waals surface area (Å²) in [7, 11) is 0. The summed E-state index contributed by atoms with van der Waals surface area (Å²) >= 11 is 3.68. The van der Waals surface area contributed by atoms with E-state index in [1.165, 1.54) is 33.9 Å². The first-order chi connectivity index (χ1) is 8.82. The molecule has 3 heteroatoms. The summed E-state index contributed by atoms with van der Waals surface area (Å²) in [5.41, 5.74) is 6.18. The van der Waals surface area contributed by atoms with Crippen LogP contribution >= 0.6 is 15.9 Å². The van der Waals surface area contributed by atoms with E-state index in [4.69, 9.17) is 0 Å². The van der Waals surface area contributed by atoms with E-state index in [1.54, 1.807) is 0 Å². The van der Waals surface area contributed by atoms with Gasteiger partial charge in [-0.25, -0.2) is 0 Å². The quantitative estimate of drug-likeness (QED) is 0.822. The van der Waals surface area contributed by atoms with E-state index >= 15 is 0 Å². The lowest BCUT2D eigenvalue weighted by atomic mass is 9.81. The number of carbonyl (C=O) groups is 1. The fourth-order valence-corrected chi connectivity index (χ4v) is 3.77. The molecule has 0 saturated heterocycles. The first-order valence-corrected chi connectivity index (χ1v) is 7.30. The van der Waals surface area contributed by atoms with Crippen molar-refractivity contribution in [3.05, 3.63) is 44.1 Å². The van der Waals surface area contributed by atoms with Crippen molar-refractivity contribution in [1.82, 2.24) is 0 Å². The van der Waals surface area contributed by atoms with Gasteiger partial charge in [-0.3, -0.25) is 4.79 Å². The molecule has 1 aliphatic carbocycles. The lowest BCUT2D eigenvalue weighted by Crippen LogP contribution is -2.15. The Bertz CT molecular complexity index is 556. The molecule has 1 atom stereocenters. The smallest absolute Gasteiger partial charge is 0.159 e. The Morgan fingerprint density at radius 2 is 1.63 bits per heavy atom. The molecule has 0 saturated carbocycles. The molecule has 0 heterocycles. The third kappa shape index (κ3) is 2.48. The van der Waals surface area contributed by atoms with Gasteiger partial charge in [0.1, 0.15) is 0 Å². The molecule has 1 aliphatic rings. The van der Waals surface area contributed by atoms with Crippen molar-refractivity contribution >= 4 is 21.7 Å². The third-order valence-corrected chi connectivity index (χ3v) is 5.32. The summed E-state index contributed by atoms with van der Waals surface area (Å²) in [6, 6.07) is 0. The van der Waals surface area contributed by atoms with Crippen LogP contribution in [0.15, 0.2) is 16.3 Å². The lowest BCUT2D eigenvalue weighted by molar-refractivity contribution is -0.115. The second-order valence-electron chi connectivity index (χ2n) is 5.43. The highest BCUT2D eigenvalue weighted by atomic mass is 79.9. The maximum absolute atomic E-state index is 11.7. The molecule has 0 aromatic heterocycles. The maximum atomic E-state index is 11.7. The molecular formula is C16H19BrO2. The van der Waals surface area contributed by atoms with Crippen LogP contribution in [0, 0.1) is 27.7 Å². The molecule has 0 spiro atoms. The number of carbonyl (C=O) groups excluding carboxylic acids is 1. The zero-order valence-corrected chi connectivity index (χ0v) is 13.4. The number of allylic oxidation sites excluding steroid dienone is 2. The molecular weight excluding hydrogens is 304 g/mol. The SMILES string of the molecule is Cc1c(C)c(C)c(C2CC(=O)C=C(O)C2)c(Br)c1C. The number of ketones is 1. The van der Waals surface area contributed by atoms with Gasteiger partial charge in [0, 0.05) is 23.4 Å². The first-order valence-electron chi connectivity index (χ1n) is 6.51. The van der Waals surface area contributed by atoms with Crippen LogP contribution in [0.25, 0.3) is 0 Å².